The highest BCUT2D eigenvalue weighted by Crippen LogP contribution is 2.41. The van der Waals surface area contributed by atoms with Crippen LogP contribution in [0, 0.1) is 11.6 Å². The summed E-state index contributed by atoms with van der Waals surface area (Å²) in [7, 11) is 4.47. The van der Waals surface area contributed by atoms with Crippen molar-refractivity contribution in [2.75, 3.05) is 21.3 Å². The fourth-order valence-corrected chi connectivity index (χ4v) is 2.65. The normalized spacial score (nSPS) is 11.4. The molecule has 28 heavy (non-hydrogen) atoms. The van der Waals surface area contributed by atoms with Crippen molar-refractivity contribution < 1.29 is 27.4 Å². The zero-order valence-corrected chi connectivity index (χ0v) is 15.9. The van der Waals surface area contributed by atoms with Crippen molar-refractivity contribution in [2.45, 2.75) is 0 Å². The third-order valence-corrected chi connectivity index (χ3v) is 4.05. The number of methoxy groups -OCH3 is 3. The first kappa shape index (κ1) is 19.6. The molecule has 0 N–H and O–H groups in total. The Morgan fingerprint density at radius 3 is 2.21 bits per heavy atom. The third-order valence-electron chi connectivity index (χ3n) is 3.78. The Kier molecular flexibility index (Phi) is 5.79. The summed E-state index contributed by atoms with van der Waals surface area (Å²) in [5.41, 5.74) is 0.863. The van der Waals surface area contributed by atoms with Crippen molar-refractivity contribution in [3.63, 3.8) is 0 Å². The van der Waals surface area contributed by atoms with Crippen LogP contribution in [-0.4, -0.2) is 31.5 Å². The highest BCUT2D eigenvalue weighted by Gasteiger charge is 2.18. The van der Waals surface area contributed by atoms with E-state index in [0.717, 1.165) is 12.1 Å². The van der Waals surface area contributed by atoms with E-state index >= 15 is 0 Å². The van der Waals surface area contributed by atoms with E-state index in [9.17, 15) is 8.78 Å². The van der Waals surface area contributed by atoms with Gasteiger partial charge in [-0.25, -0.2) is 8.78 Å². The monoisotopic (exact) mass is 408 g/mol. The van der Waals surface area contributed by atoms with Gasteiger partial charge in [-0.15, -0.1) is 10.2 Å². The maximum atomic E-state index is 13.3. The summed E-state index contributed by atoms with van der Waals surface area (Å²) in [6.07, 6.45) is 1.39. The number of hydrogen-bond donors (Lipinski definition) is 0. The number of aromatic nitrogens is 2. The first-order chi connectivity index (χ1) is 13.5. The molecule has 0 radical (unpaired) electrons. The Balaban J connectivity index is 1.95. The number of benzene rings is 2. The minimum atomic E-state index is -0.984. The van der Waals surface area contributed by atoms with E-state index in [0.29, 0.717) is 28.4 Å². The van der Waals surface area contributed by atoms with E-state index in [1.165, 1.54) is 33.5 Å². The van der Waals surface area contributed by atoms with E-state index in [1.54, 1.807) is 12.1 Å². The molecule has 0 fully saturated rings. The smallest absolute Gasteiger partial charge is 0.259 e. The lowest BCUT2D eigenvalue weighted by Crippen LogP contribution is -1.95. The first-order valence-electron chi connectivity index (χ1n) is 7.93. The van der Waals surface area contributed by atoms with Gasteiger partial charge in [0.1, 0.15) is 5.03 Å². The molecule has 9 heteroatoms. The highest BCUT2D eigenvalue weighted by atomic mass is 35.5. The van der Waals surface area contributed by atoms with Gasteiger partial charge in [0.25, 0.3) is 5.89 Å². The molecule has 0 aliphatic rings. The zero-order valence-electron chi connectivity index (χ0n) is 15.1. The molecule has 0 aliphatic carbocycles. The standard InChI is InChI=1S/C19H15ClF2N2O4/c1-25-15-8-11(9-16(26-2)17(15)27-3)18-23-24-19(28-18)12(20)6-10-4-5-13(21)14(22)7-10/h4-9H,1-3H3/b12-6-. The third kappa shape index (κ3) is 3.91. The molecule has 0 bridgehead atoms. The van der Waals surface area contributed by atoms with Crippen LogP contribution in [-0.2, 0) is 0 Å². The molecule has 0 aliphatic heterocycles. The van der Waals surface area contributed by atoms with Gasteiger partial charge in [0.15, 0.2) is 23.1 Å². The zero-order chi connectivity index (χ0) is 20.3. The van der Waals surface area contributed by atoms with Crippen LogP contribution in [0.5, 0.6) is 17.2 Å². The molecule has 3 rings (SSSR count). The SMILES string of the molecule is COc1cc(-c2nnc(/C(Cl)=C/c3ccc(F)c(F)c3)o2)cc(OC)c1OC. The quantitative estimate of drug-likeness (QED) is 0.585. The molecule has 0 saturated carbocycles. The largest absolute Gasteiger partial charge is 0.493 e. The molecule has 0 saturated heterocycles. The molecule has 0 atom stereocenters. The Morgan fingerprint density at radius 1 is 0.964 bits per heavy atom. The molecule has 146 valence electrons. The van der Waals surface area contributed by atoms with Gasteiger partial charge in [0, 0.05) is 5.56 Å². The lowest BCUT2D eigenvalue weighted by Gasteiger charge is -2.12. The van der Waals surface area contributed by atoms with Crippen molar-refractivity contribution in [2.24, 2.45) is 0 Å². The van der Waals surface area contributed by atoms with Crippen LogP contribution in [0.15, 0.2) is 34.7 Å². The van der Waals surface area contributed by atoms with Gasteiger partial charge in [-0.05, 0) is 35.9 Å². The van der Waals surface area contributed by atoms with Crippen LogP contribution in [0.3, 0.4) is 0 Å². The van der Waals surface area contributed by atoms with Crippen LogP contribution < -0.4 is 14.2 Å². The molecular formula is C19H15ClF2N2O4. The summed E-state index contributed by atoms with van der Waals surface area (Å²) in [5.74, 6) is -0.511. The molecule has 1 heterocycles. The van der Waals surface area contributed by atoms with Gasteiger partial charge < -0.3 is 18.6 Å². The van der Waals surface area contributed by atoms with Gasteiger partial charge in [-0.2, -0.15) is 0 Å². The minimum Gasteiger partial charge on any atom is -0.493 e. The number of hydrogen-bond acceptors (Lipinski definition) is 6. The number of halogens is 3. The molecule has 6 nitrogen and oxygen atoms in total. The van der Waals surface area contributed by atoms with Gasteiger partial charge >= 0.3 is 0 Å². The number of nitrogens with zero attached hydrogens (tertiary/aromatic N) is 2. The van der Waals surface area contributed by atoms with Crippen LogP contribution in [0.2, 0.25) is 0 Å². The number of ether oxygens (including phenoxy) is 3. The summed E-state index contributed by atoms with van der Waals surface area (Å²) in [6, 6.07) is 6.67. The Bertz CT molecular complexity index is 1010. The Hall–Kier alpha value is -3.13. The van der Waals surface area contributed by atoms with E-state index in [-0.39, 0.29) is 16.8 Å². The van der Waals surface area contributed by atoms with Gasteiger partial charge in [0.05, 0.1) is 21.3 Å². The molecule has 0 amide bonds. The van der Waals surface area contributed by atoms with Crippen LogP contribution in [0.25, 0.3) is 22.6 Å². The first-order valence-corrected chi connectivity index (χ1v) is 8.31. The van der Waals surface area contributed by atoms with Crippen LogP contribution in [0.4, 0.5) is 8.78 Å². The summed E-state index contributed by atoms with van der Waals surface area (Å²) in [4.78, 5) is 0. The molecule has 0 unspecified atom stereocenters. The van der Waals surface area contributed by atoms with Crippen LogP contribution >= 0.6 is 11.6 Å². The van der Waals surface area contributed by atoms with Crippen molar-refractivity contribution >= 4 is 22.7 Å². The predicted octanol–water partition coefficient (Wildman–Crippen LogP) is 4.78. The van der Waals surface area contributed by atoms with E-state index in [2.05, 4.69) is 10.2 Å². The molecular weight excluding hydrogens is 394 g/mol. The van der Waals surface area contributed by atoms with Crippen molar-refractivity contribution in [3.05, 3.63) is 53.4 Å². The summed E-state index contributed by atoms with van der Waals surface area (Å²) in [6.45, 7) is 0. The van der Waals surface area contributed by atoms with Crippen molar-refractivity contribution in [3.8, 4) is 28.7 Å². The van der Waals surface area contributed by atoms with Crippen LogP contribution in [0.1, 0.15) is 11.5 Å². The highest BCUT2D eigenvalue weighted by molar-refractivity contribution is 6.50. The average Bonchev–Trinajstić information content (AvgIpc) is 3.20. The minimum absolute atomic E-state index is 0.00940. The maximum Gasteiger partial charge on any atom is 0.259 e. The van der Waals surface area contributed by atoms with Crippen molar-refractivity contribution in [1.82, 2.24) is 10.2 Å². The van der Waals surface area contributed by atoms with E-state index < -0.39 is 11.6 Å². The van der Waals surface area contributed by atoms with Gasteiger partial charge in [0.2, 0.25) is 11.6 Å². The lowest BCUT2D eigenvalue weighted by atomic mass is 10.2. The summed E-state index contributed by atoms with van der Waals surface area (Å²) in [5, 5.41) is 7.91. The lowest BCUT2D eigenvalue weighted by molar-refractivity contribution is 0.324. The average molecular weight is 409 g/mol. The Morgan fingerprint density at radius 2 is 1.64 bits per heavy atom. The van der Waals surface area contributed by atoms with Gasteiger partial charge in [-0.1, -0.05) is 17.7 Å². The number of rotatable bonds is 6. The molecule has 3 aromatic rings. The van der Waals surface area contributed by atoms with E-state index in [4.69, 9.17) is 30.2 Å². The second kappa shape index (κ2) is 8.26. The summed E-state index contributed by atoms with van der Waals surface area (Å²) >= 11 is 6.18. The Labute approximate surface area is 164 Å². The second-order valence-corrected chi connectivity index (χ2v) is 5.90. The maximum absolute atomic E-state index is 13.3. The fraction of sp³-hybridized carbons (Fsp3) is 0.158. The fourth-order valence-electron chi connectivity index (χ4n) is 2.45. The summed E-state index contributed by atoms with van der Waals surface area (Å²) < 4.78 is 47.8. The van der Waals surface area contributed by atoms with E-state index in [1.807, 2.05) is 0 Å². The molecule has 1 aromatic heterocycles. The topological polar surface area (TPSA) is 66.6 Å². The molecule has 2 aromatic carbocycles. The molecule has 0 spiro atoms. The van der Waals surface area contributed by atoms with Crippen molar-refractivity contribution in [1.29, 1.82) is 0 Å². The van der Waals surface area contributed by atoms with Gasteiger partial charge in [-0.3, -0.25) is 0 Å². The second-order valence-electron chi connectivity index (χ2n) is 5.49. The predicted molar refractivity (Wildman–Crippen MR) is 99.5 cm³/mol.